The molecule has 2 heterocycles. The fourth-order valence-electron chi connectivity index (χ4n) is 2.65. The first-order valence-electron chi connectivity index (χ1n) is 11.6. The molecule has 0 saturated carbocycles. The summed E-state index contributed by atoms with van der Waals surface area (Å²) < 4.78 is 0. The second-order valence-corrected chi connectivity index (χ2v) is 9.17. The van der Waals surface area contributed by atoms with E-state index in [9.17, 15) is 4.79 Å². The summed E-state index contributed by atoms with van der Waals surface area (Å²) in [5, 5.41) is 16.6. The molecule has 32 heavy (non-hydrogen) atoms. The van der Waals surface area contributed by atoms with Crippen molar-refractivity contribution in [2.24, 2.45) is 17.8 Å². The van der Waals surface area contributed by atoms with Crippen LogP contribution in [0.1, 0.15) is 66.9 Å². The van der Waals surface area contributed by atoms with E-state index in [2.05, 4.69) is 59.6 Å². The van der Waals surface area contributed by atoms with Gasteiger partial charge in [-0.1, -0.05) is 72.7 Å². The largest absolute Gasteiger partial charge is 0.481 e. The summed E-state index contributed by atoms with van der Waals surface area (Å²) >= 11 is 1.62. The Morgan fingerprint density at radius 2 is 1.81 bits per heavy atom. The van der Waals surface area contributed by atoms with Crippen LogP contribution < -0.4 is 10.6 Å². The lowest BCUT2D eigenvalue weighted by Crippen LogP contribution is -2.23. The van der Waals surface area contributed by atoms with Crippen molar-refractivity contribution in [1.82, 2.24) is 15.3 Å². The van der Waals surface area contributed by atoms with Crippen molar-refractivity contribution >= 4 is 29.2 Å². The van der Waals surface area contributed by atoms with Gasteiger partial charge in [0.2, 0.25) is 0 Å². The second-order valence-electron chi connectivity index (χ2n) is 8.14. The van der Waals surface area contributed by atoms with Gasteiger partial charge >= 0.3 is 5.97 Å². The third kappa shape index (κ3) is 9.17. The molecule has 1 aliphatic rings. The number of aliphatic carboxylic acids is 1. The van der Waals surface area contributed by atoms with Crippen molar-refractivity contribution in [3.8, 4) is 0 Å². The number of nitrogens with zero attached hydrogens (tertiary/aromatic N) is 2. The molecule has 0 amide bonds. The Balaban J connectivity index is 0.000000646. The van der Waals surface area contributed by atoms with Crippen molar-refractivity contribution < 1.29 is 9.90 Å². The van der Waals surface area contributed by atoms with E-state index in [1.54, 1.807) is 31.1 Å². The van der Waals surface area contributed by atoms with Crippen molar-refractivity contribution in [1.29, 1.82) is 0 Å². The number of fused-ring (bicyclic) bond motifs is 2. The average Bonchev–Trinajstić information content (AvgIpc) is 2.81. The van der Waals surface area contributed by atoms with E-state index in [4.69, 9.17) is 5.11 Å². The highest BCUT2D eigenvalue weighted by atomic mass is 32.2. The Kier molecular flexibility index (Phi) is 13.0. The molecule has 178 valence electrons. The van der Waals surface area contributed by atoms with Gasteiger partial charge in [0, 0.05) is 23.8 Å². The molecule has 1 aliphatic heterocycles. The summed E-state index contributed by atoms with van der Waals surface area (Å²) in [5.41, 5.74) is 2.23. The van der Waals surface area contributed by atoms with Crippen molar-refractivity contribution in [3.63, 3.8) is 0 Å². The maximum Gasteiger partial charge on any atom is 0.306 e. The number of rotatable bonds is 8. The highest BCUT2D eigenvalue weighted by molar-refractivity contribution is 7.99. The SMILES string of the molecule is CC.CC(CCNCc1ccc2c(c1)Nc1nccnc1S2)C(C)C(=O)O.CCC(C)C. The van der Waals surface area contributed by atoms with Crippen molar-refractivity contribution in [2.75, 3.05) is 11.9 Å². The Bertz CT molecular complexity index is 829. The fraction of sp³-hybridized carbons (Fsp3) is 0.560. The number of aromatic nitrogens is 2. The maximum atomic E-state index is 11.0. The van der Waals surface area contributed by atoms with Crippen LogP contribution in [-0.2, 0) is 11.3 Å². The summed E-state index contributed by atoms with van der Waals surface area (Å²) in [7, 11) is 0. The minimum Gasteiger partial charge on any atom is -0.481 e. The van der Waals surface area contributed by atoms with Gasteiger partial charge in [0.1, 0.15) is 5.03 Å². The molecule has 2 aromatic rings. The van der Waals surface area contributed by atoms with Gasteiger partial charge in [-0.15, -0.1) is 0 Å². The van der Waals surface area contributed by atoms with Crippen molar-refractivity contribution in [3.05, 3.63) is 36.2 Å². The molecule has 2 unspecified atom stereocenters. The molecule has 1 aromatic heterocycles. The first kappa shape index (κ1) is 27.9. The summed E-state index contributed by atoms with van der Waals surface area (Å²) in [4.78, 5) is 20.8. The number of carboxylic acids is 1. The lowest BCUT2D eigenvalue weighted by molar-refractivity contribution is -0.142. The Labute approximate surface area is 198 Å². The first-order chi connectivity index (χ1) is 15.3. The maximum absolute atomic E-state index is 11.0. The monoisotopic (exact) mass is 460 g/mol. The van der Waals surface area contributed by atoms with E-state index >= 15 is 0 Å². The van der Waals surface area contributed by atoms with Gasteiger partial charge in [-0.05, 0) is 42.5 Å². The van der Waals surface area contributed by atoms with Gasteiger partial charge in [0.05, 0.1) is 11.6 Å². The third-order valence-corrected chi connectivity index (χ3v) is 6.40. The fourth-order valence-corrected chi connectivity index (χ4v) is 3.53. The number of anilines is 2. The molecule has 1 aromatic carbocycles. The smallest absolute Gasteiger partial charge is 0.306 e. The molecule has 0 fully saturated rings. The van der Waals surface area contributed by atoms with Gasteiger partial charge < -0.3 is 15.7 Å². The molecule has 2 atom stereocenters. The molecule has 3 rings (SSSR count). The highest BCUT2D eigenvalue weighted by Gasteiger charge is 2.19. The van der Waals surface area contributed by atoms with Gasteiger partial charge in [-0.3, -0.25) is 4.79 Å². The van der Waals surface area contributed by atoms with E-state index in [0.717, 1.165) is 46.9 Å². The summed E-state index contributed by atoms with van der Waals surface area (Å²) in [6.07, 6.45) is 5.53. The van der Waals surface area contributed by atoms with Crippen LogP contribution in [0.5, 0.6) is 0 Å². The molecule has 0 spiro atoms. The van der Waals surface area contributed by atoms with Crippen LogP contribution in [0.4, 0.5) is 11.5 Å². The van der Waals surface area contributed by atoms with Gasteiger partial charge in [-0.2, -0.15) is 0 Å². The molecule has 6 nitrogen and oxygen atoms in total. The molecule has 0 radical (unpaired) electrons. The van der Waals surface area contributed by atoms with Gasteiger partial charge in [0.15, 0.2) is 5.82 Å². The summed E-state index contributed by atoms with van der Waals surface area (Å²) in [5.74, 6) is 0.792. The number of benzene rings is 1. The molecule has 0 bridgehead atoms. The van der Waals surface area contributed by atoms with Gasteiger partial charge in [-0.25, -0.2) is 9.97 Å². The van der Waals surface area contributed by atoms with E-state index in [0.29, 0.717) is 0 Å². The molecular weight excluding hydrogens is 420 g/mol. The molecular formula is C25H40N4O2S. The van der Waals surface area contributed by atoms with E-state index in [-0.39, 0.29) is 11.8 Å². The molecule has 3 N–H and O–H groups in total. The van der Waals surface area contributed by atoms with E-state index in [1.807, 2.05) is 20.8 Å². The predicted molar refractivity (Wildman–Crippen MR) is 135 cm³/mol. The van der Waals surface area contributed by atoms with Crippen LogP contribution in [0.15, 0.2) is 40.5 Å². The van der Waals surface area contributed by atoms with Gasteiger partial charge in [0.25, 0.3) is 0 Å². The normalized spacial score (nSPS) is 13.2. The molecule has 0 saturated heterocycles. The highest BCUT2D eigenvalue weighted by Crippen LogP contribution is 2.41. The van der Waals surface area contributed by atoms with E-state index in [1.165, 1.54) is 12.0 Å². The number of hydrogen-bond donors (Lipinski definition) is 3. The Morgan fingerprint density at radius 1 is 1.16 bits per heavy atom. The standard InChI is InChI=1S/C18H22N4O2S.C5H12.C2H6/c1-11(12(2)18(23)24)5-6-19-10-13-3-4-15-14(9-13)22-16-17(25-15)21-8-7-20-16;1-4-5(2)3;1-2/h3-4,7-9,11-12,19H,5-6,10H2,1-2H3,(H,20,22)(H,23,24);5H,4H2,1-3H3;1-2H3. The number of carbonyl (C=O) groups is 1. The third-order valence-electron chi connectivity index (χ3n) is 5.33. The topological polar surface area (TPSA) is 87.1 Å². The lowest BCUT2D eigenvalue weighted by Gasteiger charge is -2.19. The average molecular weight is 461 g/mol. The quantitative estimate of drug-likeness (QED) is 0.326. The molecule has 0 aliphatic carbocycles. The van der Waals surface area contributed by atoms with Crippen LogP contribution in [0, 0.1) is 17.8 Å². The number of nitrogens with one attached hydrogen (secondary N) is 2. The summed E-state index contributed by atoms with van der Waals surface area (Å²) in [6.45, 7) is 15.9. The van der Waals surface area contributed by atoms with Crippen LogP contribution in [-0.4, -0.2) is 27.6 Å². The van der Waals surface area contributed by atoms with Crippen LogP contribution in [0.3, 0.4) is 0 Å². The van der Waals surface area contributed by atoms with Crippen LogP contribution in [0.2, 0.25) is 0 Å². The summed E-state index contributed by atoms with van der Waals surface area (Å²) in [6, 6.07) is 6.32. The van der Waals surface area contributed by atoms with Crippen molar-refractivity contribution in [2.45, 2.75) is 77.8 Å². The number of hydrogen-bond acceptors (Lipinski definition) is 6. The van der Waals surface area contributed by atoms with E-state index < -0.39 is 5.97 Å². The van der Waals surface area contributed by atoms with Crippen LogP contribution >= 0.6 is 11.8 Å². The lowest BCUT2D eigenvalue weighted by atomic mass is 9.93. The Morgan fingerprint density at radius 3 is 2.44 bits per heavy atom. The first-order valence-corrected chi connectivity index (χ1v) is 12.5. The molecule has 7 heteroatoms. The predicted octanol–water partition coefficient (Wildman–Crippen LogP) is 6.60. The minimum absolute atomic E-state index is 0.154. The van der Waals surface area contributed by atoms with Crippen LogP contribution in [0.25, 0.3) is 0 Å². The second kappa shape index (κ2) is 14.9. The Hall–Kier alpha value is -2.12. The zero-order chi connectivity index (χ0) is 24.1. The zero-order valence-electron chi connectivity index (χ0n) is 20.6. The number of carboxylic acid groups (broad SMARTS) is 1. The minimum atomic E-state index is -0.728. The zero-order valence-corrected chi connectivity index (χ0v) is 21.4.